The van der Waals surface area contributed by atoms with Gasteiger partial charge in [0, 0.05) is 49.9 Å². The van der Waals surface area contributed by atoms with Gasteiger partial charge in [-0.3, -0.25) is 4.98 Å². The molecule has 20 heavy (non-hydrogen) atoms. The molecule has 0 saturated carbocycles. The summed E-state index contributed by atoms with van der Waals surface area (Å²) in [5, 5.41) is 3.84. The summed E-state index contributed by atoms with van der Waals surface area (Å²) in [5.74, 6) is 0. The number of ether oxygens (including phenoxy) is 1. The number of pyridine rings is 1. The van der Waals surface area contributed by atoms with Gasteiger partial charge in [-0.1, -0.05) is 0 Å². The number of hydrogen-bond acceptors (Lipinski definition) is 4. The van der Waals surface area contributed by atoms with Crippen LogP contribution in [0.5, 0.6) is 0 Å². The van der Waals surface area contributed by atoms with E-state index < -0.39 is 0 Å². The Morgan fingerprint density at radius 3 is 2.60 bits per heavy atom. The molecule has 110 valence electrons. The van der Waals surface area contributed by atoms with Crippen molar-refractivity contribution in [1.29, 1.82) is 0 Å². The highest BCUT2D eigenvalue weighted by atomic mass is 16.5. The van der Waals surface area contributed by atoms with Gasteiger partial charge >= 0.3 is 0 Å². The van der Waals surface area contributed by atoms with Gasteiger partial charge < -0.3 is 15.0 Å². The van der Waals surface area contributed by atoms with Crippen LogP contribution in [-0.2, 0) is 4.74 Å². The molecule has 4 nitrogen and oxygen atoms in total. The van der Waals surface area contributed by atoms with Gasteiger partial charge in [0.05, 0.1) is 6.10 Å². The molecule has 2 atom stereocenters. The van der Waals surface area contributed by atoms with Crippen LogP contribution in [0.2, 0.25) is 0 Å². The number of nitrogens with one attached hydrogen (secondary N) is 1. The summed E-state index contributed by atoms with van der Waals surface area (Å²) in [6.07, 6.45) is 8.95. The topological polar surface area (TPSA) is 37.4 Å². The summed E-state index contributed by atoms with van der Waals surface area (Å²) in [6.45, 7) is 5.37. The van der Waals surface area contributed by atoms with E-state index in [4.69, 9.17) is 4.74 Å². The predicted molar refractivity (Wildman–Crippen MR) is 81.0 cm³/mol. The summed E-state index contributed by atoms with van der Waals surface area (Å²) in [4.78, 5) is 6.55. The second-order valence-electron chi connectivity index (χ2n) is 6.04. The Kier molecular flexibility index (Phi) is 4.53. The van der Waals surface area contributed by atoms with Crippen LogP contribution in [0, 0.1) is 0 Å². The van der Waals surface area contributed by atoms with E-state index in [1.54, 1.807) is 0 Å². The van der Waals surface area contributed by atoms with Crippen molar-refractivity contribution in [3.8, 4) is 0 Å². The van der Waals surface area contributed by atoms with Crippen molar-refractivity contribution in [2.45, 2.75) is 50.8 Å². The van der Waals surface area contributed by atoms with Crippen LogP contribution in [0.4, 0.5) is 5.69 Å². The fourth-order valence-electron chi connectivity index (χ4n) is 3.34. The molecule has 0 spiro atoms. The maximum absolute atomic E-state index is 5.62. The summed E-state index contributed by atoms with van der Waals surface area (Å²) < 4.78 is 5.62. The standard InChI is InChI=1S/C16H25N3O/c1-13-12-15(6-11-20-13)18-14-4-9-19(10-5-14)16-2-7-17-8-3-16/h2-3,7-8,13-15,18H,4-6,9-12H2,1H3. The van der Waals surface area contributed by atoms with Crippen LogP contribution < -0.4 is 10.2 Å². The molecule has 2 unspecified atom stereocenters. The molecule has 0 aromatic carbocycles. The maximum atomic E-state index is 5.62. The molecule has 0 amide bonds. The Labute approximate surface area is 121 Å². The first-order valence-electron chi connectivity index (χ1n) is 7.84. The van der Waals surface area contributed by atoms with Crippen molar-refractivity contribution in [2.75, 3.05) is 24.6 Å². The van der Waals surface area contributed by atoms with Crippen molar-refractivity contribution in [3.05, 3.63) is 24.5 Å². The quantitative estimate of drug-likeness (QED) is 0.918. The molecule has 1 aromatic rings. The van der Waals surface area contributed by atoms with E-state index in [0.717, 1.165) is 32.5 Å². The molecule has 1 N–H and O–H groups in total. The molecule has 3 rings (SSSR count). The van der Waals surface area contributed by atoms with Crippen molar-refractivity contribution < 1.29 is 4.74 Å². The van der Waals surface area contributed by atoms with Crippen LogP contribution >= 0.6 is 0 Å². The molecule has 3 heterocycles. The van der Waals surface area contributed by atoms with Gasteiger partial charge in [-0.25, -0.2) is 0 Å². The Morgan fingerprint density at radius 2 is 1.90 bits per heavy atom. The SMILES string of the molecule is CC1CC(NC2CCN(c3ccncc3)CC2)CCO1. The van der Waals surface area contributed by atoms with Crippen molar-refractivity contribution in [2.24, 2.45) is 0 Å². The second-order valence-corrected chi connectivity index (χ2v) is 6.04. The molecule has 0 bridgehead atoms. The number of rotatable bonds is 3. The van der Waals surface area contributed by atoms with Gasteiger partial charge in [0.2, 0.25) is 0 Å². The van der Waals surface area contributed by atoms with E-state index in [1.807, 2.05) is 12.4 Å². The first-order chi connectivity index (χ1) is 9.81. The third-order valence-corrected chi connectivity index (χ3v) is 4.48. The molecule has 0 radical (unpaired) electrons. The number of hydrogen-bond donors (Lipinski definition) is 1. The van der Waals surface area contributed by atoms with Crippen LogP contribution in [-0.4, -0.2) is 42.9 Å². The Bertz CT molecular complexity index is 403. The highest BCUT2D eigenvalue weighted by Gasteiger charge is 2.25. The lowest BCUT2D eigenvalue weighted by Gasteiger charge is -2.37. The fraction of sp³-hybridized carbons (Fsp3) is 0.688. The highest BCUT2D eigenvalue weighted by molar-refractivity contribution is 5.44. The molecular weight excluding hydrogens is 250 g/mol. The minimum atomic E-state index is 0.415. The average Bonchev–Trinajstić information content (AvgIpc) is 2.49. The second kappa shape index (κ2) is 6.55. The van der Waals surface area contributed by atoms with E-state index in [-0.39, 0.29) is 0 Å². The fourth-order valence-corrected chi connectivity index (χ4v) is 3.34. The van der Waals surface area contributed by atoms with Crippen LogP contribution in [0.25, 0.3) is 0 Å². The lowest BCUT2D eigenvalue weighted by Crippen LogP contribution is -2.48. The normalized spacial score (nSPS) is 28.6. The molecule has 2 saturated heterocycles. The van der Waals surface area contributed by atoms with Crippen LogP contribution in [0.1, 0.15) is 32.6 Å². The van der Waals surface area contributed by atoms with E-state index >= 15 is 0 Å². The highest BCUT2D eigenvalue weighted by Crippen LogP contribution is 2.21. The maximum Gasteiger partial charge on any atom is 0.0561 e. The van der Waals surface area contributed by atoms with Gasteiger partial charge in [-0.2, -0.15) is 0 Å². The van der Waals surface area contributed by atoms with Gasteiger partial charge in [0.25, 0.3) is 0 Å². The molecular formula is C16H25N3O. The minimum Gasteiger partial charge on any atom is -0.378 e. The summed E-state index contributed by atoms with van der Waals surface area (Å²) in [5.41, 5.74) is 1.30. The van der Waals surface area contributed by atoms with Crippen LogP contribution in [0.3, 0.4) is 0 Å². The largest absolute Gasteiger partial charge is 0.378 e. The molecule has 2 aliphatic rings. The molecule has 2 aliphatic heterocycles. The molecule has 4 heteroatoms. The van der Waals surface area contributed by atoms with Gasteiger partial charge in [0.15, 0.2) is 0 Å². The summed E-state index contributed by atoms with van der Waals surface area (Å²) in [7, 11) is 0. The lowest BCUT2D eigenvalue weighted by molar-refractivity contribution is 0.0107. The predicted octanol–water partition coefficient (Wildman–Crippen LogP) is 2.21. The van der Waals surface area contributed by atoms with Gasteiger partial charge in [-0.05, 0) is 44.7 Å². The average molecular weight is 275 g/mol. The first kappa shape index (κ1) is 13.8. The Hall–Kier alpha value is -1.13. The smallest absolute Gasteiger partial charge is 0.0561 e. The number of nitrogens with zero attached hydrogens (tertiary/aromatic N) is 2. The van der Waals surface area contributed by atoms with E-state index in [9.17, 15) is 0 Å². The number of aromatic nitrogens is 1. The van der Waals surface area contributed by atoms with Gasteiger partial charge in [0.1, 0.15) is 0 Å². The lowest BCUT2D eigenvalue weighted by atomic mass is 9.99. The molecule has 1 aromatic heterocycles. The number of anilines is 1. The van der Waals surface area contributed by atoms with Crippen molar-refractivity contribution in [3.63, 3.8) is 0 Å². The molecule has 2 fully saturated rings. The Balaban J connectivity index is 1.46. The zero-order chi connectivity index (χ0) is 13.8. The van der Waals surface area contributed by atoms with E-state index in [0.29, 0.717) is 18.2 Å². The zero-order valence-corrected chi connectivity index (χ0v) is 12.3. The first-order valence-corrected chi connectivity index (χ1v) is 7.84. The van der Waals surface area contributed by atoms with Crippen molar-refractivity contribution in [1.82, 2.24) is 10.3 Å². The Morgan fingerprint density at radius 1 is 1.15 bits per heavy atom. The third kappa shape index (κ3) is 3.49. The summed E-state index contributed by atoms with van der Waals surface area (Å²) >= 11 is 0. The third-order valence-electron chi connectivity index (χ3n) is 4.48. The van der Waals surface area contributed by atoms with Crippen LogP contribution in [0.15, 0.2) is 24.5 Å². The van der Waals surface area contributed by atoms with E-state index in [2.05, 4.69) is 34.3 Å². The van der Waals surface area contributed by atoms with E-state index in [1.165, 1.54) is 18.5 Å². The molecule has 0 aliphatic carbocycles. The minimum absolute atomic E-state index is 0.415. The van der Waals surface area contributed by atoms with Gasteiger partial charge in [-0.15, -0.1) is 0 Å². The monoisotopic (exact) mass is 275 g/mol. The zero-order valence-electron chi connectivity index (χ0n) is 12.3. The number of piperidine rings is 1. The summed E-state index contributed by atoms with van der Waals surface area (Å²) in [6, 6.07) is 5.53. The van der Waals surface area contributed by atoms with Crippen molar-refractivity contribution >= 4 is 5.69 Å².